The summed E-state index contributed by atoms with van der Waals surface area (Å²) in [6.07, 6.45) is -3.03. The molecule has 0 saturated heterocycles. The predicted molar refractivity (Wildman–Crippen MR) is 84.2 cm³/mol. The lowest BCUT2D eigenvalue weighted by Gasteiger charge is -2.28. The summed E-state index contributed by atoms with van der Waals surface area (Å²) in [7, 11) is 3.86. The Bertz CT molecular complexity index is 508. The van der Waals surface area contributed by atoms with Crippen molar-refractivity contribution in [1.29, 1.82) is 0 Å². The fraction of sp³-hybridized carbons (Fsp3) is 0.500. The Morgan fingerprint density at radius 3 is 2.38 bits per heavy atom. The van der Waals surface area contributed by atoms with Crippen LogP contribution in [0.1, 0.15) is 5.56 Å². The maximum Gasteiger partial charge on any atom is 0.408 e. The number of alkyl carbamates (subject to hydrolysis) is 1. The summed E-state index contributed by atoms with van der Waals surface area (Å²) in [5, 5.41) is 12.3. The first-order valence-corrected chi connectivity index (χ1v) is 7.28. The number of benzene rings is 1. The number of methoxy groups -OCH3 is 3. The van der Waals surface area contributed by atoms with Crippen molar-refractivity contribution in [2.75, 3.05) is 27.9 Å². The summed E-state index contributed by atoms with van der Waals surface area (Å²) >= 11 is 0. The first-order valence-electron chi connectivity index (χ1n) is 7.28. The zero-order valence-electron chi connectivity index (χ0n) is 13.9. The first kappa shape index (κ1) is 19.9. The molecular weight excluding hydrogens is 318 g/mol. The Morgan fingerprint density at radius 1 is 1.17 bits per heavy atom. The lowest BCUT2D eigenvalue weighted by molar-refractivity contribution is -0.151. The first-order chi connectivity index (χ1) is 11.5. The van der Waals surface area contributed by atoms with Crippen molar-refractivity contribution in [3.8, 4) is 0 Å². The van der Waals surface area contributed by atoms with Gasteiger partial charge in [0.15, 0.2) is 6.04 Å². The monoisotopic (exact) mass is 341 g/mol. The van der Waals surface area contributed by atoms with Gasteiger partial charge in [-0.3, -0.25) is 0 Å². The van der Waals surface area contributed by atoms with Crippen LogP contribution in [0.5, 0.6) is 0 Å². The minimum atomic E-state index is -1.24. The molecule has 0 bridgehead atoms. The summed E-state index contributed by atoms with van der Waals surface area (Å²) in [6, 6.07) is 7.83. The average Bonchev–Trinajstić information content (AvgIpc) is 2.60. The van der Waals surface area contributed by atoms with Crippen molar-refractivity contribution in [1.82, 2.24) is 5.32 Å². The van der Waals surface area contributed by atoms with Crippen molar-refractivity contribution in [2.24, 2.45) is 0 Å². The maximum absolute atomic E-state index is 11.9. The summed E-state index contributed by atoms with van der Waals surface area (Å²) in [5.41, 5.74) is 0.796. The van der Waals surface area contributed by atoms with E-state index < -0.39 is 30.3 Å². The van der Waals surface area contributed by atoms with Gasteiger partial charge in [-0.1, -0.05) is 30.3 Å². The van der Waals surface area contributed by atoms with Crippen molar-refractivity contribution in [3.63, 3.8) is 0 Å². The Morgan fingerprint density at radius 2 is 1.83 bits per heavy atom. The SMILES string of the molecule is COC[C@@H](O)[C@@H](OC)[C@H](NC(=O)OCc1ccccc1)C(=O)OC. The minimum absolute atomic E-state index is 0.0405. The predicted octanol–water partition coefficient (Wildman–Crippen LogP) is 0.477. The third-order valence-electron chi connectivity index (χ3n) is 3.26. The number of esters is 1. The van der Waals surface area contributed by atoms with Crippen molar-refractivity contribution < 1.29 is 33.6 Å². The van der Waals surface area contributed by atoms with Gasteiger partial charge in [0.2, 0.25) is 0 Å². The molecule has 24 heavy (non-hydrogen) atoms. The van der Waals surface area contributed by atoms with Crippen molar-refractivity contribution >= 4 is 12.1 Å². The van der Waals surface area contributed by atoms with Gasteiger partial charge < -0.3 is 29.4 Å². The molecule has 8 nitrogen and oxygen atoms in total. The standard InChI is InChI=1S/C16H23NO7/c1-21-10-12(18)14(22-2)13(15(19)23-3)17-16(20)24-9-11-7-5-4-6-8-11/h4-8,12-14,18H,9-10H2,1-3H3,(H,17,20)/t12-,13+,14-/m1/s1. The second-order valence-electron chi connectivity index (χ2n) is 4.93. The number of ether oxygens (including phenoxy) is 4. The van der Waals surface area contributed by atoms with Gasteiger partial charge >= 0.3 is 12.1 Å². The highest BCUT2D eigenvalue weighted by atomic mass is 16.6. The normalized spacial score (nSPS) is 14.3. The molecule has 0 aliphatic carbocycles. The van der Waals surface area contributed by atoms with Gasteiger partial charge in [0, 0.05) is 14.2 Å². The van der Waals surface area contributed by atoms with E-state index in [0.717, 1.165) is 5.56 Å². The van der Waals surface area contributed by atoms with Crippen LogP contribution in [0.4, 0.5) is 4.79 Å². The number of carbonyl (C=O) groups excluding carboxylic acids is 2. The second-order valence-corrected chi connectivity index (χ2v) is 4.93. The van der Waals surface area contributed by atoms with Crippen LogP contribution in [0.15, 0.2) is 30.3 Å². The molecule has 1 aromatic rings. The molecule has 1 aromatic carbocycles. The van der Waals surface area contributed by atoms with E-state index >= 15 is 0 Å². The third-order valence-corrected chi connectivity index (χ3v) is 3.26. The van der Waals surface area contributed by atoms with Gasteiger partial charge in [0.25, 0.3) is 0 Å². The molecule has 134 valence electrons. The number of hydrogen-bond acceptors (Lipinski definition) is 7. The number of amides is 1. The second kappa shape index (κ2) is 10.6. The maximum atomic E-state index is 11.9. The molecular formula is C16H23NO7. The van der Waals surface area contributed by atoms with Crippen LogP contribution < -0.4 is 5.32 Å². The van der Waals surface area contributed by atoms with E-state index in [1.165, 1.54) is 21.3 Å². The Labute approximate surface area is 140 Å². The van der Waals surface area contributed by atoms with Gasteiger partial charge in [-0.25, -0.2) is 9.59 Å². The number of carbonyl (C=O) groups is 2. The van der Waals surface area contributed by atoms with Gasteiger partial charge in [0.1, 0.15) is 18.8 Å². The highest BCUT2D eigenvalue weighted by Crippen LogP contribution is 2.09. The van der Waals surface area contributed by atoms with Gasteiger partial charge in [-0.05, 0) is 5.56 Å². The highest BCUT2D eigenvalue weighted by molar-refractivity contribution is 5.82. The van der Waals surface area contributed by atoms with Crippen LogP contribution in [-0.2, 0) is 30.3 Å². The van der Waals surface area contributed by atoms with Crippen LogP contribution in [0.3, 0.4) is 0 Å². The fourth-order valence-corrected chi connectivity index (χ4v) is 2.07. The van der Waals surface area contributed by atoms with Crippen LogP contribution in [0, 0.1) is 0 Å². The van der Waals surface area contributed by atoms with Crippen LogP contribution in [0.25, 0.3) is 0 Å². The zero-order chi connectivity index (χ0) is 17.9. The van der Waals surface area contributed by atoms with Crippen molar-refractivity contribution in [3.05, 3.63) is 35.9 Å². The highest BCUT2D eigenvalue weighted by Gasteiger charge is 2.36. The van der Waals surface area contributed by atoms with E-state index in [2.05, 4.69) is 10.1 Å². The zero-order valence-corrected chi connectivity index (χ0v) is 13.9. The summed E-state index contributed by atoms with van der Waals surface area (Å²) in [6.45, 7) is -0.0361. The van der Waals surface area contributed by atoms with E-state index in [9.17, 15) is 14.7 Å². The molecule has 1 rings (SSSR count). The van der Waals surface area contributed by atoms with Crippen LogP contribution >= 0.6 is 0 Å². The molecule has 0 saturated carbocycles. The van der Waals surface area contributed by atoms with Gasteiger partial charge in [-0.15, -0.1) is 0 Å². The number of rotatable bonds is 9. The molecule has 0 radical (unpaired) electrons. The molecule has 0 aromatic heterocycles. The molecule has 3 atom stereocenters. The minimum Gasteiger partial charge on any atom is -0.467 e. The molecule has 0 unspecified atom stereocenters. The summed E-state index contributed by atoms with van der Waals surface area (Å²) in [5.74, 6) is -0.770. The fourth-order valence-electron chi connectivity index (χ4n) is 2.07. The van der Waals surface area contributed by atoms with Crippen LogP contribution in [0.2, 0.25) is 0 Å². The third kappa shape index (κ3) is 6.15. The molecule has 2 N–H and O–H groups in total. The van der Waals surface area contributed by atoms with E-state index in [4.69, 9.17) is 14.2 Å². The average molecular weight is 341 g/mol. The number of aliphatic hydroxyl groups excluding tert-OH is 1. The summed E-state index contributed by atoms with van der Waals surface area (Å²) < 4.78 is 19.7. The summed E-state index contributed by atoms with van der Waals surface area (Å²) in [4.78, 5) is 23.8. The van der Waals surface area contributed by atoms with Gasteiger partial charge in [-0.2, -0.15) is 0 Å². The van der Waals surface area contributed by atoms with E-state index in [-0.39, 0.29) is 13.2 Å². The largest absolute Gasteiger partial charge is 0.467 e. The lowest BCUT2D eigenvalue weighted by atomic mass is 10.1. The molecule has 0 heterocycles. The smallest absolute Gasteiger partial charge is 0.408 e. The number of nitrogens with one attached hydrogen (secondary N) is 1. The molecule has 0 aliphatic rings. The Hall–Kier alpha value is -2.16. The molecule has 0 spiro atoms. The Kier molecular flexibility index (Phi) is 8.77. The topological polar surface area (TPSA) is 103 Å². The van der Waals surface area contributed by atoms with E-state index in [1.807, 2.05) is 18.2 Å². The van der Waals surface area contributed by atoms with Gasteiger partial charge in [0.05, 0.1) is 13.7 Å². The molecule has 0 fully saturated rings. The van der Waals surface area contributed by atoms with E-state index in [1.54, 1.807) is 12.1 Å². The number of aliphatic hydroxyl groups is 1. The lowest BCUT2D eigenvalue weighted by Crippen LogP contribution is -2.55. The van der Waals surface area contributed by atoms with Crippen LogP contribution in [-0.4, -0.2) is 63.4 Å². The van der Waals surface area contributed by atoms with E-state index in [0.29, 0.717) is 0 Å². The molecule has 8 heteroatoms. The quantitative estimate of drug-likeness (QED) is 0.630. The molecule has 0 aliphatic heterocycles. The molecule has 1 amide bonds. The van der Waals surface area contributed by atoms with Crippen molar-refractivity contribution in [2.45, 2.75) is 24.9 Å². The number of hydrogen-bond donors (Lipinski definition) is 2. The Balaban J connectivity index is 2.70.